The Kier molecular flexibility index (Phi) is 2.62. The molecule has 1 aromatic heterocycles. The number of hydrogen-bond donors (Lipinski definition) is 0. The molecule has 1 heteroatoms. The van der Waals surface area contributed by atoms with Gasteiger partial charge in [0.2, 0.25) is 0 Å². The molecular weight excluding hydrogens is 218 g/mol. The molecule has 92 valence electrons. The van der Waals surface area contributed by atoms with E-state index in [0.717, 1.165) is 0 Å². The molecule has 0 bridgehead atoms. The lowest BCUT2D eigenvalue weighted by atomic mass is 10.1. The zero-order valence-corrected chi connectivity index (χ0v) is 11.2. The van der Waals surface area contributed by atoms with Crippen molar-refractivity contribution in [3.63, 3.8) is 0 Å². The number of fused-ring (bicyclic) bond motifs is 3. The number of hydrogen-bond acceptors (Lipinski definition) is 0. The van der Waals surface area contributed by atoms with Crippen LogP contribution in [0.5, 0.6) is 0 Å². The van der Waals surface area contributed by atoms with Gasteiger partial charge in [-0.05, 0) is 24.0 Å². The first-order valence-corrected chi connectivity index (χ1v) is 6.62. The molecule has 3 rings (SSSR count). The second-order valence-electron chi connectivity index (χ2n) is 5.31. The molecule has 0 fully saturated rings. The van der Waals surface area contributed by atoms with E-state index in [0.29, 0.717) is 11.8 Å². The highest BCUT2D eigenvalue weighted by Crippen LogP contribution is 2.01. The van der Waals surface area contributed by atoms with E-state index < -0.39 is 0 Å². The van der Waals surface area contributed by atoms with Crippen LogP contribution in [0.3, 0.4) is 0 Å². The third kappa shape index (κ3) is 1.71. The molecule has 0 radical (unpaired) electrons. The largest absolute Gasteiger partial charge is 0.344 e. The first-order valence-electron chi connectivity index (χ1n) is 6.62. The molecule has 0 amide bonds. The van der Waals surface area contributed by atoms with Gasteiger partial charge in [0.1, 0.15) is 0 Å². The summed E-state index contributed by atoms with van der Waals surface area (Å²) >= 11 is 0. The Morgan fingerprint density at radius 3 is 1.72 bits per heavy atom. The zero-order valence-electron chi connectivity index (χ0n) is 11.2. The first kappa shape index (κ1) is 11.3. The SMILES string of the molecule is CC1C=CC=c2c(c3c(n2C)=CC=CC(C)C=3)=C1. The molecule has 2 aliphatic rings. The maximum Gasteiger partial charge on any atom is 0.0485 e. The summed E-state index contributed by atoms with van der Waals surface area (Å²) in [5.74, 6) is 0.989. The van der Waals surface area contributed by atoms with Crippen LogP contribution in [0, 0.1) is 11.8 Å². The van der Waals surface area contributed by atoms with Crippen molar-refractivity contribution in [2.24, 2.45) is 18.9 Å². The standard InChI is InChI=1S/C17H19N/c1-12-6-4-8-16-14(10-12)15-11-13(2)7-5-9-17(15)18(16)3/h4-13H,1-3H3. The quantitative estimate of drug-likeness (QED) is 0.621. The Hall–Kier alpha value is -1.76. The molecule has 1 nitrogen and oxygen atoms in total. The van der Waals surface area contributed by atoms with E-state index in [1.54, 1.807) is 0 Å². The van der Waals surface area contributed by atoms with Gasteiger partial charge in [-0.15, -0.1) is 0 Å². The molecule has 0 saturated carbocycles. The monoisotopic (exact) mass is 237 g/mol. The number of nitrogens with zero attached hydrogens (tertiary/aromatic N) is 1. The minimum absolute atomic E-state index is 0.494. The lowest BCUT2D eigenvalue weighted by molar-refractivity contribution is 0.855. The van der Waals surface area contributed by atoms with Crippen LogP contribution in [0.15, 0.2) is 24.3 Å². The molecule has 1 aromatic rings. The van der Waals surface area contributed by atoms with Crippen molar-refractivity contribution in [3.05, 3.63) is 45.4 Å². The molecule has 18 heavy (non-hydrogen) atoms. The minimum Gasteiger partial charge on any atom is -0.344 e. The van der Waals surface area contributed by atoms with Crippen LogP contribution in [-0.2, 0) is 7.05 Å². The van der Waals surface area contributed by atoms with E-state index >= 15 is 0 Å². The summed E-state index contributed by atoms with van der Waals surface area (Å²) in [7, 11) is 2.15. The summed E-state index contributed by atoms with van der Waals surface area (Å²) in [4.78, 5) is 0. The Balaban J connectivity index is 2.55. The van der Waals surface area contributed by atoms with Gasteiger partial charge in [-0.25, -0.2) is 0 Å². The number of rotatable bonds is 0. The van der Waals surface area contributed by atoms with Gasteiger partial charge < -0.3 is 4.57 Å². The molecule has 0 aromatic carbocycles. The number of allylic oxidation sites excluding steroid dienone is 4. The van der Waals surface area contributed by atoms with Crippen LogP contribution >= 0.6 is 0 Å². The van der Waals surface area contributed by atoms with Crippen LogP contribution in [0.25, 0.3) is 24.3 Å². The summed E-state index contributed by atoms with van der Waals surface area (Å²) in [5.41, 5.74) is 0. The Bertz CT molecular complexity index is 704. The Morgan fingerprint density at radius 1 is 0.833 bits per heavy atom. The van der Waals surface area contributed by atoms with E-state index in [9.17, 15) is 0 Å². The normalized spacial score (nSPS) is 24.6. The molecule has 2 atom stereocenters. The molecular formula is C17H19N. The highest BCUT2D eigenvalue weighted by Gasteiger charge is 2.06. The van der Waals surface area contributed by atoms with Crippen molar-refractivity contribution in [1.29, 1.82) is 0 Å². The van der Waals surface area contributed by atoms with E-state index in [-0.39, 0.29) is 0 Å². The minimum atomic E-state index is 0.494. The average molecular weight is 237 g/mol. The fourth-order valence-corrected chi connectivity index (χ4v) is 2.80. The summed E-state index contributed by atoms with van der Waals surface area (Å²) < 4.78 is 2.29. The van der Waals surface area contributed by atoms with Crippen LogP contribution in [0.1, 0.15) is 13.8 Å². The maximum absolute atomic E-state index is 2.37. The van der Waals surface area contributed by atoms with Crippen molar-refractivity contribution in [2.45, 2.75) is 13.8 Å². The van der Waals surface area contributed by atoms with Crippen molar-refractivity contribution in [2.75, 3.05) is 0 Å². The van der Waals surface area contributed by atoms with Gasteiger partial charge in [0.25, 0.3) is 0 Å². The van der Waals surface area contributed by atoms with Crippen molar-refractivity contribution < 1.29 is 0 Å². The van der Waals surface area contributed by atoms with Crippen molar-refractivity contribution in [1.82, 2.24) is 4.57 Å². The summed E-state index contributed by atoms with van der Waals surface area (Å²) in [6, 6.07) is 0. The first-order chi connectivity index (χ1) is 8.66. The van der Waals surface area contributed by atoms with Crippen LogP contribution < -0.4 is 21.1 Å². The van der Waals surface area contributed by atoms with Gasteiger partial charge in [-0.1, -0.05) is 50.3 Å². The number of aromatic nitrogens is 1. The second-order valence-corrected chi connectivity index (χ2v) is 5.31. The Labute approximate surface area is 107 Å². The van der Waals surface area contributed by atoms with Crippen molar-refractivity contribution in [3.8, 4) is 0 Å². The highest BCUT2D eigenvalue weighted by atomic mass is 14.9. The average Bonchev–Trinajstić information content (AvgIpc) is 2.56. The summed E-state index contributed by atoms with van der Waals surface area (Å²) in [6.45, 7) is 4.47. The third-order valence-corrected chi connectivity index (χ3v) is 3.76. The summed E-state index contributed by atoms with van der Waals surface area (Å²) in [5, 5.41) is 5.40. The zero-order chi connectivity index (χ0) is 12.7. The van der Waals surface area contributed by atoms with Gasteiger partial charge in [-0.2, -0.15) is 0 Å². The fourth-order valence-electron chi connectivity index (χ4n) is 2.80. The van der Waals surface area contributed by atoms with E-state index in [4.69, 9.17) is 0 Å². The highest BCUT2D eigenvalue weighted by molar-refractivity contribution is 5.51. The van der Waals surface area contributed by atoms with E-state index in [1.807, 2.05) is 0 Å². The third-order valence-electron chi connectivity index (χ3n) is 3.76. The summed E-state index contributed by atoms with van der Waals surface area (Å²) in [6.07, 6.45) is 18.0. The van der Waals surface area contributed by atoms with Gasteiger partial charge in [0.15, 0.2) is 0 Å². The molecule has 0 aliphatic heterocycles. The smallest absolute Gasteiger partial charge is 0.0485 e. The van der Waals surface area contributed by atoms with Crippen LogP contribution in [0.4, 0.5) is 0 Å². The lowest BCUT2D eigenvalue weighted by Crippen LogP contribution is -2.38. The van der Waals surface area contributed by atoms with Gasteiger partial charge in [0, 0.05) is 28.2 Å². The molecule has 0 spiro atoms. The van der Waals surface area contributed by atoms with E-state index in [2.05, 4.69) is 74.1 Å². The molecule has 1 heterocycles. The van der Waals surface area contributed by atoms with Crippen molar-refractivity contribution >= 4 is 24.3 Å². The molecule has 2 aliphatic carbocycles. The molecule has 0 N–H and O–H groups in total. The lowest BCUT2D eigenvalue weighted by Gasteiger charge is -1.95. The molecule has 2 unspecified atom stereocenters. The topological polar surface area (TPSA) is 4.93 Å². The van der Waals surface area contributed by atoms with Crippen LogP contribution in [-0.4, -0.2) is 4.57 Å². The van der Waals surface area contributed by atoms with Gasteiger partial charge in [0.05, 0.1) is 0 Å². The van der Waals surface area contributed by atoms with E-state index in [1.165, 1.54) is 21.1 Å². The fraction of sp³-hybridized carbons (Fsp3) is 0.294. The molecule has 0 saturated heterocycles. The predicted molar refractivity (Wildman–Crippen MR) is 78.4 cm³/mol. The van der Waals surface area contributed by atoms with Crippen LogP contribution in [0.2, 0.25) is 0 Å². The second kappa shape index (κ2) is 4.16. The Morgan fingerprint density at radius 2 is 1.28 bits per heavy atom. The van der Waals surface area contributed by atoms with Gasteiger partial charge >= 0.3 is 0 Å². The predicted octanol–water partition coefficient (Wildman–Crippen LogP) is 0.559. The maximum atomic E-state index is 2.37. The van der Waals surface area contributed by atoms with Gasteiger partial charge in [-0.3, -0.25) is 0 Å².